The van der Waals surface area contributed by atoms with Crippen LogP contribution in [-0.4, -0.2) is 21.4 Å². The van der Waals surface area contributed by atoms with Gasteiger partial charge in [-0.05, 0) is 26.0 Å². The van der Waals surface area contributed by atoms with Gasteiger partial charge in [0.25, 0.3) is 0 Å². The molecule has 0 bridgehead atoms. The van der Waals surface area contributed by atoms with Crippen LogP contribution < -0.4 is 5.32 Å². The van der Waals surface area contributed by atoms with E-state index >= 15 is 0 Å². The first-order valence-corrected chi connectivity index (χ1v) is 7.21. The molecule has 1 heterocycles. The van der Waals surface area contributed by atoms with Crippen molar-refractivity contribution in [3.63, 3.8) is 0 Å². The van der Waals surface area contributed by atoms with Crippen LogP contribution in [0, 0.1) is 6.92 Å². The van der Waals surface area contributed by atoms with Crippen molar-refractivity contribution in [3.8, 4) is 0 Å². The Balaban J connectivity index is 1.93. The highest BCUT2D eigenvalue weighted by Crippen LogP contribution is 2.25. The first kappa shape index (κ1) is 13.0. The molecule has 1 aromatic carbocycles. The molecular weight excluding hydrogens is 266 g/mol. The molecule has 1 N–H and O–H groups in total. The number of thioether (sulfide) groups is 1. The Hall–Kier alpha value is -1.40. The summed E-state index contributed by atoms with van der Waals surface area (Å²) in [5.41, 5.74) is 3.65. The molecule has 4 nitrogen and oxygen atoms in total. The summed E-state index contributed by atoms with van der Waals surface area (Å²) in [6, 6.07) is 7.74. The van der Waals surface area contributed by atoms with Gasteiger partial charge in [0.15, 0.2) is 4.34 Å². The van der Waals surface area contributed by atoms with Gasteiger partial charge in [-0.1, -0.05) is 40.8 Å². The summed E-state index contributed by atoms with van der Waals surface area (Å²) in [4.78, 5) is 11.9. The Kier molecular flexibility index (Phi) is 4.33. The highest BCUT2D eigenvalue weighted by atomic mass is 32.2. The third-order valence-corrected chi connectivity index (χ3v) is 4.22. The highest BCUT2D eigenvalue weighted by Gasteiger charge is 2.16. The van der Waals surface area contributed by atoms with E-state index in [4.69, 9.17) is 0 Å². The van der Waals surface area contributed by atoms with Crippen molar-refractivity contribution < 1.29 is 4.79 Å². The highest BCUT2D eigenvalue weighted by molar-refractivity contribution is 8.02. The van der Waals surface area contributed by atoms with Crippen molar-refractivity contribution in [2.24, 2.45) is 0 Å². The summed E-state index contributed by atoms with van der Waals surface area (Å²) in [6.45, 7) is 3.87. The van der Waals surface area contributed by atoms with E-state index in [1.54, 1.807) is 5.51 Å². The topological polar surface area (TPSA) is 54.9 Å². The van der Waals surface area contributed by atoms with Crippen LogP contribution in [0.1, 0.15) is 12.5 Å². The van der Waals surface area contributed by atoms with E-state index in [1.165, 1.54) is 28.7 Å². The SMILES string of the molecule is Cc1ccc(NC(=O)[C@H](C)Sc2nncs2)cc1. The van der Waals surface area contributed by atoms with Gasteiger partial charge in [0.2, 0.25) is 5.91 Å². The van der Waals surface area contributed by atoms with E-state index in [0.717, 1.165) is 10.0 Å². The van der Waals surface area contributed by atoms with Gasteiger partial charge in [-0.2, -0.15) is 0 Å². The molecule has 2 rings (SSSR count). The van der Waals surface area contributed by atoms with Crippen molar-refractivity contribution in [2.45, 2.75) is 23.4 Å². The van der Waals surface area contributed by atoms with Gasteiger partial charge < -0.3 is 5.32 Å². The Morgan fingerprint density at radius 2 is 2.11 bits per heavy atom. The standard InChI is InChI=1S/C12H13N3OS2/c1-8-3-5-10(6-4-8)14-11(16)9(2)18-12-15-13-7-17-12/h3-7,9H,1-2H3,(H,14,16)/t9-/m0/s1. The van der Waals surface area contributed by atoms with Crippen LogP contribution >= 0.6 is 23.1 Å². The van der Waals surface area contributed by atoms with Crippen molar-refractivity contribution in [2.75, 3.05) is 5.32 Å². The molecule has 1 aromatic heterocycles. The first-order valence-electron chi connectivity index (χ1n) is 5.45. The van der Waals surface area contributed by atoms with Crippen LogP contribution in [0.25, 0.3) is 0 Å². The molecule has 0 aliphatic rings. The lowest BCUT2D eigenvalue weighted by molar-refractivity contribution is -0.115. The van der Waals surface area contributed by atoms with Crippen LogP contribution in [0.5, 0.6) is 0 Å². The van der Waals surface area contributed by atoms with Crippen LogP contribution in [0.15, 0.2) is 34.1 Å². The van der Waals surface area contributed by atoms with E-state index < -0.39 is 0 Å². The van der Waals surface area contributed by atoms with Crippen molar-refractivity contribution in [1.29, 1.82) is 0 Å². The zero-order chi connectivity index (χ0) is 13.0. The van der Waals surface area contributed by atoms with Crippen molar-refractivity contribution >= 4 is 34.7 Å². The largest absolute Gasteiger partial charge is 0.325 e. The number of benzene rings is 1. The van der Waals surface area contributed by atoms with Crippen LogP contribution in [-0.2, 0) is 4.79 Å². The molecule has 0 aliphatic carbocycles. The van der Waals surface area contributed by atoms with E-state index in [2.05, 4.69) is 15.5 Å². The summed E-state index contributed by atoms with van der Waals surface area (Å²) in [7, 11) is 0. The van der Waals surface area contributed by atoms with Gasteiger partial charge in [0.1, 0.15) is 5.51 Å². The minimum Gasteiger partial charge on any atom is -0.325 e. The number of rotatable bonds is 4. The maximum atomic E-state index is 11.9. The predicted octanol–water partition coefficient (Wildman–Crippen LogP) is 2.97. The summed E-state index contributed by atoms with van der Waals surface area (Å²) in [5.74, 6) is -0.0287. The van der Waals surface area contributed by atoms with E-state index in [1.807, 2.05) is 38.1 Å². The molecule has 0 spiro atoms. The second-order valence-electron chi connectivity index (χ2n) is 3.82. The summed E-state index contributed by atoms with van der Waals surface area (Å²) < 4.78 is 0.807. The lowest BCUT2D eigenvalue weighted by Crippen LogP contribution is -2.22. The van der Waals surface area contributed by atoms with Gasteiger partial charge >= 0.3 is 0 Å². The number of nitrogens with zero attached hydrogens (tertiary/aromatic N) is 2. The predicted molar refractivity (Wildman–Crippen MR) is 75.0 cm³/mol. The van der Waals surface area contributed by atoms with E-state index in [9.17, 15) is 4.79 Å². The quantitative estimate of drug-likeness (QED) is 0.874. The third-order valence-electron chi connectivity index (χ3n) is 2.31. The number of aryl methyl sites for hydroxylation is 1. The fraction of sp³-hybridized carbons (Fsp3) is 0.250. The zero-order valence-corrected chi connectivity index (χ0v) is 11.7. The second-order valence-corrected chi connectivity index (χ2v) is 6.24. The molecule has 0 radical (unpaired) electrons. The van der Waals surface area contributed by atoms with E-state index in [-0.39, 0.29) is 11.2 Å². The number of hydrogen-bond donors (Lipinski definition) is 1. The second kappa shape index (κ2) is 5.97. The average molecular weight is 279 g/mol. The number of aromatic nitrogens is 2. The van der Waals surface area contributed by atoms with Crippen LogP contribution in [0.4, 0.5) is 5.69 Å². The molecule has 0 saturated carbocycles. The van der Waals surface area contributed by atoms with Crippen LogP contribution in [0.2, 0.25) is 0 Å². The molecule has 18 heavy (non-hydrogen) atoms. The number of amides is 1. The molecule has 0 saturated heterocycles. The number of anilines is 1. The minimum absolute atomic E-state index is 0.0287. The van der Waals surface area contributed by atoms with Gasteiger partial charge in [0.05, 0.1) is 5.25 Å². The lowest BCUT2D eigenvalue weighted by atomic mass is 10.2. The number of carbonyl (C=O) groups excluding carboxylic acids is 1. The summed E-state index contributed by atoms with van der Waals surface area (Å²) in [5, 5.41) is 10.3. The van der Waals surface area contributed by atoms with Gasteiger partial charge in [-0.3, -0.25) is 4.79 Å². The maximum absolute atomic E-state index is 11.9. The summed E-state index contributed by atoms with van der Waals surface area (Å²) in [6.07, 6.45) is 0. The van der Waals surface area contributed by atoms with Crippen LogP contribution in [0.3, 0.4) is 0 Å². The molecule has 1 amide bonds. The molecule has 94 valence electrons. The first-order chi connectivity index (χ1) is 8.65. The zero-order valence-electron chi connectivity index (χ0n) is 10.1. The van der Waals surface area contributed by atoms with Gasteiger partial charge in [-0.15, -0.1) is 10.2 Å². The maximum Gasteiger partial charge on any atom is 0.237 e. The average Bonchev–Trinajstić information content (AvgIpc) is 2.85. The molecule has 0 fully saturated rings. The van der Waals surface area contributed by atoms with Crippen molar-refractivity contribution in [1.82, 2.24) is 10.2 Å². The van der Waals surface area contributed by atoms with Gasteiger partial charge in [0, 0.05) is 5.69 Å². The van der Waals surface area contributed by atoms with Gasteiger partial charge in [-0.25, -0.2) is 0 Å². The molecule has 0 aliphatic heterocycles. The number of hydrogen-bond acceptors (Lipinski definition) is 5. The number of nitrogens with one attached hydrogen (secondary N) is 1. The third kappa shape index (κ3) is 3.54. The molecular formula is C12H13N3OS2. The number of carbonyl (C=O) groups is 1. The molecule has 1 atom stereocenters. The Morgan fingerprint density at radius 3 is 2.72 bits per heavy atom. The monoisotopic (exact) mass is 279 g/mol. The normalized spacial score (nSPS) is 12.1. The molecule has 6 heteroatoms. The fourth-order valence-corrected chi connectivity index (χ4v) is 2.93. The Bertz CT molecular complexity index is 511. The van der Waals surface area contributed by atoms with E-state index in [0.29, 0.717) is 0 Å². The Morgan fingerprint density at radius 1 is 1.39 bits per heavy atom. The summed E-state index contributed by atoms with van der Waals surface area (Å²) >= 11 is 2.85. The molecule has 0 unspecified atom stereocenters. The fourth-order valence-electron chi connectivity index (χ4n) is 1.30. The minimum atomic E-state index is -0.195. The lowest BCUT2D eigenvalue weighted by Gasteiger charge is -2.10. The Labute approximate surface area is 114 Å². The van der Waals surface area contributed by atoms with Crippen molar-refractivity contribution in [3.05, 3.63) is 35.3 Å². The molecule has 2 aromatic rings. The smallest absolute Gasteiger partial charge is 0.237 e.